The molecule has 2 nitrogen and oxygen atoms in total. The average Bonchev–Trinajstić information content (AvgIpc) is 2.29. The van der Waals surface area contributed by atoms with Gasteiger partial charge in [-0.2, -0.15) is 0 Å². The van der Waals surface area contributed by atoms with Crippen LogP contribution in [-0.4, -0.2) is 31.1 Å². The lowest BCUT2D eigenvalue weighted by atomic mass is 10.1. The summed E-state index contributed by atoms with van der Waals surface area (Å²) in [5.41, 5.74) is 0.788. The van der Waals surface area contributed by atoms with Crippen molar-refractivity contribution in [1.29, 1.82) is 0 Å². The van der Waals surface area contributed by atoms with Gasteiger partial charge < -0.3 is 10.2 Å². The van der Waals surface area contributed by atoms with Crippen LogP contribution in [0.3, 0.4) is 0 Å². The molecule has 0 spiro atoms. The number of likely N-dealkylation sites (tertiary alicyclic amines) is 1. The molecule has 0 unspecified atom stereocenters. The number of rotatable bonds is 2. The van der Waals surface area contributed by atoms with E-state index in [1.54, 1.807) is 12.1 Å². The van der Waals surface area contributed by atoms with Gasteiger partial charge in [-0.1, -0.05) is 23.2 Å². The number of hydrogen-bond acceptors (Lipinski definition) is 2. The molecular formula is C12H15Cl2FN2. The summed E-state index contributed by atoms with van der Waals surface area (Å²) in [7, 11) is 2.11. The highest BCUT2D eigenvalue weighted by molar-refractivity contribution is 6.35. The minimum atomic E-state index is -0.553. The van der Waals surface area contributed by atoms with Crippen LogP contribution in [0.4, 0.5) is 10.1 Å². The van der Waals surface area contributed by atoms with Crippen LogP contribution in [0, 0.1) is 5.82 Å². The third-order valence-corrected chi connectivity index (χ3v) is 3.62. The normalized spacial score (nSPS) is 18.4. The molecule has 5 heteroatoms. The lowest BCUT2D eigenvalue weighted by Crippen LogP contribution is -2.36. The molecule has 2 rings (SSSR count). The van der Waals surface area contributed by atoms with Gasteiger partial charge in [0, 0.05) is 11.7 Å². The van der Waals surface area contributed by atoms with Gasteiger partial charge >= 0.3 is 0 Å². The summed E-state index contributed by atoms with van der Waals surface area (Å²) in [6, 6.07) is 3.58. The zero-order valence-electron chi connectivity index (χ0n) is 9.64. The van der Waals surface area contributed by atoms with Crippen molar-refractivity contribution in [2.45, 2.75) is 18.9 Å². The molecule has 0 aliphatic carbocycles. The smallest absolute Gasteiger partial charge is 0.160 e. The maximum atomic E-state index is 13.2. The molecule has 0 radical (unpaired) electrons. The molecule has 1 heterocycles. The van der Waals surface area contributed by atoms with Crippen molar-refractivity contribution in [3.05, 3.63) is 28.0 Å². The van der Waals surface area contributed by atoms with Crippen molar-refractivity contribution in [2.75, 3.05) is 25.5 Å². The van der Waals surface area contributed by atoms with Crippen LogP contribution < -0.4 is 5.32 Å². The van der Waals surface area contributed by atoms with Crippen molar-refractivity contribution >= 4 is 28.9 Å². The summed E-state index contributed by atoms with van der Waals surface area (Å²) in [5.74, 6) is -0.553. The highest BCUT2D eigenvalue weighted by Gasteiger charge is 2.17. The Hall–Kier alpha value is -0.510. The van der Waals surface area contributed by atoms with E-state index in [1.807, 2.05) is 0 Å². The zero-order valence-corrected chi connectivity index (χ0v) is 11.2. The van der Waals surface area contributed by atoms with E-state index in [1.165, 1.54) is 0 Å². The van der Waals surface area contributed by atoms with Crippen LogP contribution in [0.15, 0.2) is 12.1 Å². The fourth-order valence-electron chi connectivity index (χ4n) is 2.03. The van der Waals surface area contributed by atoms with Gasteiger partial charge in [0.15, 0.2) is 5.82 Å². The Morgan fingerprint density at radius 3 is 2.29 bits per heavy atom. The molecule has 1 aliphatic rings. The Labute approximate surface area is 111 Å². The summed E-state index contributed by atoms with van der Waals surface area (Å²) in [5, 5.41) is 3.47. The molecule has 1 N–H and O–H groups in total. The Morgan fingerprint density at radius 1 is 1.24 bits per heavy atom. The molecule has 17 heavy (non-hydrogen) atoms. The van der Waals surface area contributed by atoms with E-state index < -0.39 is 5.82 Å². The van der Waals surface area contributed by atoms with Crippen LogP contribution in [0.5, 0.6) is 0 Å². The third-order valence-electron chi connectivity index (χ3n) is 3.07. The van der Waals surface area contributed by atoms with Crippen molar-refractivity contribution in [3.63, 3.8) is 0 Å². The molecule has 1 aromatic carbocycles. The summed E-state index contributed by atoms with van der Waals surface area (Å²) in [4.78, 5) is 2.29. The number of nitrogens with one attached hydrogen (secondary N) is 1. The van der Waals surface area contributed by atoms with Crippen LogP contribution in [-0.2, 0) is 0 Å². The number of piperidine rings is 1. The Morgan fingerprint density at radius 2 is 1.76 bits per heavy atom. The monoisotopic (exact) mass is 276 g/mol. The van der Waals surface area contributed by atoms with E-state index in [0.717, 1.165) is 31.6 Å². The molecule has 0 atom stereocenters. The van der Waals surface area contributed by atoms with Crippen LogP contribution in [0.2, 0.25) is 10.0 Å². The highest BCUT2D eigenvalue weighted by atomic mass is 35.5. The lowest BCUT2D eigenvalue weighted by Gasteiger charge is -2.30. The van der Waals surface area contributed by atoms with E-state index >= 15 is 0 Å². The second-order valence-electron chi connectivity index (χ2n) is 4.48. The Bertz CT molecular complexity index is 380. The highest BCUT2D eigenvalue weighted by Crippen LogP contribution is 2.28. The van der Waals surface area contributed by atoms with E-state index in [-0.39, 0.29) is 10.0 Å². The van der Waals surface area contributed by atoms with Crippen LogP contribution in [0.1, 0.15) is 12.8 Å². The Kier molecular flexibility index (Phi) is 4.13. The average molecular weight is 277 g/mol. The maximum absolute atomic E-state index is 13.2. The molecule has 1 aliphatic heterocycles. The molecule has 94 valence electrons. The van der Waals surface area contributed by atoms with Gasteiger partial charge in [-0.15, -0.1) is 0 Å². The van der Waals surface area contributed by atoms with Crippen LogP contribution in [0.25, 0.3) is 0 Å². The fraction of sp³-hybridized carbons (Fsp3) is 0.500. The minimum Gasteiger partial charge on any atom is -0.382 e. The second kappa shape index (κ2) is 5.42. The van der Waals surface area contributed by atoms with Crippen LogP contribution >= 0.6 is 23.2 Å². The predicted molar refractivity (Wildman–Crippen MR) is 70.6 cm³/mol. The molecular weight excluding hydrogens is 262 g/mol. The summed E-state index contributed by atoms with van der Waals surface area (Å²) < 4.78 is 13.2. The van der Waals surface area contributed by atoms with Crippen molar-refractivity contribution in [3.8, 4) is 0 Å². The second-order valence-corrected chi connectivity index (χ2v) is 5.29. The largest absolute Gasteiger partial charge is 0.382 e. The standard InChI is InChI=1S/C12H15Cl2FN2/c1-17-4-2-8(3-5-17)16-9-6-10(13)12(15)11(14)7-9/h6-8,16H,2-5H2,1H3. The van der Waals surface area contributed by atoms with E-state index in [2.05, 4.69) is 17.3 Å². The Balaban J connectivity index is 2.04. The van der Waals surface area contributed by atoms with Gasteiger partial charge in [0.2, 0.25) is 0 Å². The van der Waals surface area contributed by atoms with E-state index in [4.69, 9.17) is 23.2 Å². The van der Waals surface area contributed by atoms with Gasteiger partial charge in [0.1, 0.15) is 0 Å². The third kappa shape index (κ3) is 3.24. The molecule has 0 bridgehead atoms. The van der Waals surface area contributed by atoms with Gasteiger partial charge in [0.05, 0.1) is 10.0 Å². The predicted octanol–water partition coefficient (Wildman–Crippen LogP) is 3.64. The maximum Gasteiger partial charge on any atom is 0.160 e. The number of halogens is 3. The number of anilines is 1. The molecule has 0 aromatic heterocycles. The molecule has 0 saturated carbocycles. The molecule has 1 fully saturated rings. The quantitative estimate of drug-likeness (QED) is 0.830. The lowest BCUT2D eigenvalue weighted by molar-refractivity contribution is 0.264. The zero-order chi connectivity index (χ0) is 12.4. The van der Waals surface area contributed by atoms with E-state index in [0.29, 0.717) is 6.04 Å². The van der Waals surface area contributed by atoms with Gasteiger partial charge in [0.25, 0.3) is 0 Å². The van der Waals surface area contributed by atoms with Gasteiger partial charge in [-0.25, -0.2) is 4.39 Å². The fourth-order valence-corrected chi connectivity index (χ4v) is 2.51. The molecule has 0 amide bonds. The first kappa shape index (κ1) is 12.9. The minimum absolute atomic E-state index is 0.0629. The number of benzene rings is 1. The van der Waals surface area contributed by atoms with Crippen molar-refractivity contribution < 1.29 is 4.39 Å². The first-order valence-corrected chi connectivity index (χ1v) is 6.41. The SMILES string of the molecule is CN1CCC(Nc2cc(Cl)c(F)c(Cl)c2)CC1. The van der Waals surface area contributed by atoms with Gasteiger partial charge in [-0.3, -0.25) is 0 Å². The number of nitrogens with zero attached hydrogens (tertiary/aromatic N) is 1. The number of hydrogen-bond donors (Lipinski definition) is 1. The summed E-state index contributed by atoms with van der Waals surface area (Å²) in [6.07, 6.45) is 2.15. The van der Waals surface area contributed by atoms with Gasteiger partial charge in [-0.05, 0) is 45.1 Å². The summed E-state index contributed by atoms with van der Waals surface area (Å²) >= 11 is 11.5. The molecule has 1 aromatic rings. The van der Waals surface area contributed by atoms with E-state index in [9.17, 15) is 4.39 Å². The topological polar surface area (TPSA) is 15.3 Å². The summed E-state index contributed by atoms with van der Waals surface area (Å²) in [6.45, 7) is 2.14. The molecule has 1 saturated heterocycles. The van der Waals surface area contributed by atoms with Crippen molar-refractivity contribution in [1.82, 2.24) is 4.90 Å². The first-order valence-electron chi connectivity index (χ1n) is 5.66. The first-order chi connectivity index (χ1) is 8.06. The van der Waals surface area contributed by atoms with Crippen molar-refractivity contribution in [2.24, 2.45) is 0 Å².